The zero-order chi connectivity index (χ0) is 12.3. The molecule has 0 saturated heterocycles. The summed E-state index contributed by atoms with van der Waals surface area (Å²) in [5, 5.41) is 20.3. The average molecular weight is 248 g/mol. The zero-order valence-electron chi connectivity index (χ0n) is 9.18. The highest BCUT2D eigenvalue weighted by Gasteiger charge is 2.04. The smallest absolute Gasteiger partial charge is 0.101 e. The molecule has 17 heavy (non-hydrogen) atoms. The van der Waals surface area contributed by atoms with Gasteiger partial charge in [-0.2, -0.15) is 5.26 Å². The van der Waals surface area contributed by atoms with Gasteiger partial charge in [-0.3, -0.25) is 4.68 Å². The van der Waals surface area contributed by atoms with Crippen LogP contribution in [-0.4, -0.2) is 15.0 Å². The van der Waals surface area contributed by atoms with E-state index in [2.05, 4.69) is 21.7 Å². The number of rotatable bonds is 3. The van der Waals surface area contributed by atoms with Crippen LogP contribution in [0.2, 0.25) is 5.02 Å². The van der Waals surface area contributed by atoms with Gasteiger partial charge >= 0.3 is 0 Å². The van der Waals surface area contributed by atoms with Crippen molar-refractivity contribution in [1.82, 2.24) is 15.0 Å². The third-order valence-electron chi connectivity index (χ3n) is 2.37. The van der Waals surface area contributed by atoms with Crippen molar-refractivity contribution in [3.8, 4) is 6.07 Å². The van der Waals surface area contributed by atoms with E-state index in [-0.39, 0.29) is 0 Å². The standard InChI is InChI=1S/C11H10ClN5/c1-17-10(7-15-16-17)6-14-11-4-9(12)3-2-8(11)5-13/h2-4,7,14H,6H2,1H3. The van der Waals surface area contributed by atoms with Gasteiger partial charge in [-0.05, 0) is 18.2 Å². The van der Waals surface area contributed by atoms with Crippen LogP contribution in [0.4, 0.5) is 5.69 Å². The molecule has 0 spiro atoms. The normalized spacial score (nSPS) is 9.94. The first-order valence-corrected chi connectivity index (χ1v) is 5.35. The summed E-state index contributed by atoms with van der Waals surface area (Å²) in [5.41, 5.74) is 2.19. The predicted octanol–water partition coefficient (Wildman–Crippen LogP) is 1.95. The number of halogens is 1. The second kappa shape index (κ2) is 4.85. The lowest BCUT2D eigenvalue weighted by molar-refractivity contribution is 0.683. The summed E-state index contributed by atoms with van der Waals surface area (Å²) in [6.07, 6.45) is 1.67. The van der Waals surface area contributed by atoms with Gasteiger partial charge < -0.3 is 5.32 Å². The van der Waals surface area contributed by atoms with Crippen LogP contribution in [0.5, 0.6) is 0 Å². The van der Waals surface area contributed by atoms with Gasteiger partial charge in [0.15, 0.2) is 0 Å². The number of hydrogen-bond acceptors (Lipinski definition) is 4. The largest absolute Gasteiger partial charge is 0.378 e. The van der Waals surface area contributed by atoms with E-state index in [1.165, 1.54) is 0 Å². The second-order valence-electron chi connectivity index (χ2n) is 3.50. The van der Waals surface area contributed by atoms with Gasteiger partial charge in [-0.15, -0.1) is 5.10 Å². The van der Waals surface area contributed by atoms with Crippen molar-refractivity contribution in [2.45, 2.75) is 6.54 Å². The molecule has 6 heteroatoms. The van der Waals surface area contributed by atoms with E-state index >= 15 is 0 Å². The highest BCUT2D eigenvalue weighted by molar-refractivity contribution is 6.30. The summed E-state index contributed by atoms with van der Waals surface area (Å²) < 4.78 is 1.67. The molecule has 0 bridgehead atoms. The van der Waals surface area contributed by atoms with E-state index in [9.17, 15) is 0 Å². The first-order valence-electron chi connectivity index (χ1n) is 4.98. The number of nitrogens with one attached hydrogen (secondary N) is 1. The van der Waals surface area contributed by atoms with Crippen molar-refractivity contribution in [3.63, 3.8) is 0 Å². The van der Waals surface area contributed by atoms with Gasteiger partial charge in [0.05, 0.1) is 29.7 Å². The molecule has 1 heterocycles. The molecular formula is C11H10ClN5. The van der Waals surface area contributed by atoms with Crippen LogP contribution in [0.3, 0.4) is 0 Å². The van der Waals surface area contributed by atoms with Crippen LogP contribution < -0.4 is 5.32 Å². The van der Waals surface area contributed by atoms with E-state index in [1.54, 1.807) is 29.1 Å². The highest BCUT2D eigenvalue weighted by Crippen LogP contribution is 2.20. The number of anilines is 1. The summed E-state index contributed by atoms with van der Waals surface area (Å²) >= 11 is 5.89. The Bertz CT molecular complexity index is 569. The molecular weight excluding hydrogens is 238 g/mol. The Balaban J connectivity index is 2.17. The molecule has 0 aliphatic rings. The molecule has 0 atom stereocenters. The molecule has 1 aromatic carbocycles. The Labute approximate surface area is 104 Å². The Morgan fingerprint density at radius 1 is 1.53 bits per heavy atom. The lowest BCUT2D eigenvalue weighted by atomic mass is 10.2. The van der Waals surface area contributed by atoms with Gasteiger partial charge in [0, 0.05) is 12.1 Å². The van der Waals surface area contributed by atoms with Gasteiger partial charge in [-0.1, -0.05) is 16.8 Å². The topological polar surface area (TPSA) is 66.5 Å². The molecule has 0 amide bonds. The van der Waals surface area contributed by atoms with Gasteiger partial charge in [0.25, 0.3) is 0 Å². The summed E-state index contributed by atoms with van der Waals surface area (Å²) in [7, 11) is 1.81. The average Bonchev–Trinajstić information content (AvgIpc) is 2.72. The molecule has 2 rings (SSSR count). The molecule has 2 aromatic rings. The zero-order valence-corrected chi connectivity index (χ0v) is 9.94. The third-order valence-corrected chi connectivity index (χ3v) is 2.61. The first kappa shape index (κ1) is 11.4. The molecule has 0 saturated carbocycles. The minimum absolute atomic E-state index is 0.540. The van der Waals surface area contributed by atoms with Gasteiger partial charge in [0.2, 0.25) is 0 Å². The van der Waals surface area contributed by atoms with Crippen LogP contribution in [0.15, 0.2) is 24.4 Å². The number of hydrogen-bond donors (Lipinski definition) is 1. The van der Waals surface area contributed by atoms with Crippen molar-refractivity contribution in [2.24, 2.45) is 7.05 Å². The van der Waals surface area contributed by atoms with Crippen LogP contribution in [0.1, 0.15) is 11.3 Å². The minimum atomic E-state index is 0.540. The molecule has 1 aromatic heterocycles. The first-order chi connectivity index (χ1) is 8.20. The van der Waals surface area contributed by atoms with E-state index in [0.717, 1.165) is 5.69 Å². The monoisotopic (exact) mass is 247 g/mol. The maximum Gasteiger partial charge on any atom is 0.101 e. The van der Waals surface area contributed by atoms with Crippen molar-refractivity contribution >= 4 is 17.3 Å². The number of benzene rings is 1. The Morgan fingerprint density at radius 3 is 3.00 bits per heavy atom. The Kier molecular flexibility index (Phi) is 3.26. The number of aromatic nitrogens is 3. The molecule has 0 aliphatic heterocycles. The van der Waals surface area contributed by atoms with E-state index < -0.39 is 0 Å². The molecule has 0 aliphatic carbocycles. The van der Waals surface area contributed by atoms with Crippen molar-refractivity contribution in [3.05, 3.63) is 40.7 Å². The SMILES string of the molecule is Cn1nncc1CNc1cc(Cl)ccc1C#N. The number of aryl methyl sites for hydroxylation is 1. The van der Waals surface area contributed by atoms with Crippen LogP contribution in [-0.2, 0) is 13.6 Å². The fraction of sp³-hybridized carbons (Fsp3) is 0.182. The van der Waals surface area contributed by atoms with Crippen LogP contribution >= 0.6 is 11.6 Å². The van der Waals surface area contributed by atoms with Crippen molar-refractivity contribution in [2.75, 3.05) is 5.32 Å². The summed E-state index contributed by atoms with van der Waals surface area (Å²) in [4.78, 5) is 0. The summed E-state index contributed by atoms with van der Waals surface area (Å²) in [6, 6.07) is 7.21. The Hall–Kier alpha value is -2.06. The van der Waals surface area contributed by atoms with Gasteiger partial charge in [0.1, 0.15) is 6.07 Å². The summed E-state index contributed by atoms with van der Waals surface area (Å²) in [6.45, 7) is 0.540. The molecule has 1 N–H and O–H groups in total. The second-order valence-corrected chi connectivity index (χ2v) is 3.94. The fourth-order valence-corrected chi connectivity index (χ4v) is 1.59. The number of nitriles is 1. The quantitative estimate of drug-likeness (QED) is 0.900. The highest BCUT2D eigenvalue weighted by atomic mass is 35.5. The fourth-order valence-electron chi connectivity index (χ4n) is 1.42. The van der Waals surface area contributed by atoms with Crippen molar-refractivity contribution < 1.29 is 0 Å². The molecule has 5 nitrogen and oxygen atoms in total. The maximum absolute atomic E-state index is 8.96. The third kappa shape index (κ3) is 2.55. The van der Waals surface area contributed by atoms with Crippen molar-refractivity contribution in [1.29, 1.82) is 5.26 Å². The maximum atomic E-state index is 8.96. The van der Waals surface area contributed by atoms with Gasteiger partial charge in [-0.25, -0.2) is 0 Å². The minimum Gasteiger partial charge on any atom is -0.378 e. The van der Waals surface area contributed by atoms with E-state index in [1.807, 2.05) is 7.05 Å². The lowest BCUT2D eigenvalue weighted by Crippen LogP contribution is -2.06. The van der Waals surface area contributed by atoms with Crippen LogP contribution in [0, 0.1) is 11.3 Å². The molecule has 0 fully saturated rings. The van der Waals surface area contributed by atoms with Crippen LogP contribution in [0.25, 0.3) is 0 Å². The van der Waals surface area contributed by atoms with E-state index in [0.29, 0.717) is 22.8 Å². The number of nitrogens with zero attached hydrogens (tertiary/aromatic N) is 4. The molecule has 86 valence electrons. The summed E-state index contributed by atoms with van der Waals surface area (Å²) in [5.74, 6) is 0. The molecule has 0 unspecified atom stereocenters. The Morgan fingerprint density at radius 2 is 2.35 bits per heavy atom. The van der Waals surface area contributed by atoms with E-state index in [4.69, 9.17) is 16.9 Å². The molecule has 0 radical (unpaired) electrons. The lowest BCUT2D eigenvalue weighted by Gasteiger charge is -2.08. The predicted molar refractivity (Wildman–Crippen MR) is 64.5 cm³/mol.